The fourth-order valence-electron chi connectivity index (χ4n) is 0.479. The Labute approximate surface area is 52.5 Å². The molecule has 0 aromatic carbocycles. The van der Waals surface area contributed by atoms with E-state index in [1.54, 1.807) is 29.8 Å². The summed E-state index contributed by atoms with van der Waals surface area (Å²) in [6.45, 7) is 1.57. The van der Waals surface area contributed by atoms with E-state index in [0.717, 1.165) is 5.88 Å². The van der Waals surface area contributed by atoms with E-state index in [9.17, 15) is 4.79 Å². The van der Waals surface area contributed by atoms with Gasteiger partial charge in [-0.3, -0.25) is 4.79 Å². The Morgan fingerprint density at radius 1 is 1.88 bits per heavy atom. The predicted molar refractivity (Wildman–Crippen MR) is 34.1 cm³/mol. The third-order valence-corrected chi connectivity index (χ3v) is 1.70. The summed E-state index contributed by atoms with van der Waals surface area (Å²) in [6, 6.07) is 0. The van der Waals surface area contributed by atoms with Crippen molar-refractivity contribution in [3.63, 3.8) is 0 Å². The van der Waals surface area contributed by atoms with Crippen LogP contribution in [-0.4, -0.2) is 16.7 Å². The van der Waals surface area contributed by atoms with Crippen LogP contribution in [0.25, 0.3) is 0 Å². The Bertz CT molecular complexity index is 132. The lowest BCUT2D eigenvalue weighted by atomic mass is 10.6. The van der Waals surface area contributed by atoms with Gasteiger partial charge in [0.1, 0.15) is 0 Å². The Kier molecular flexibility index (Phi) is 1.58. The Hall–Kier alpha value is -0.440. The molecule has 0 N–H and O–H groups in total. The first-order chi connectivity index (χ1) is 3.80. The second-order valence-electron chi connectivity index (χ2n) is 1.57. The van der Waals surface area contributed by atoms with Crippen molar-refractivity contribution in [2.45, 2.75) is 6.92 Å². The molecule has 0 unspecified atom stereocenters. The van der Waals surface area contributed by atoms with Crippen molar-refractivity contribution >= 4 is 17.7 Å². The molecular weight excluding hydrogens is 122 g/mol. The van der Waals surface area contributed by atoms with Crippen LogP contribution in [0.3, 0.4) is 0 Å². The minimum Gasteiger partial charge on any atom is -0.309 e. The number of carbonyl (C=O) groups is 1. The molecule has 1 aliphatic rings. The van der Waals surface area contributed by atoms with E-state index >= 15 is 0 Å². The van der Waals surface area contributed by atoms with Gasteiger partial charge in [0.25, 0.3) is 0 Å². The van der Waals surface area contributed by atoms with Crippen LogP contribution >= 0.6 is 11.8 Å². The largest absolute Gasteiger partial charge is 0.309 e. The van der Waals surface area contributed by atoms with Gasteiger partial charge < -0.3 is 4.90 Å². The zero-order chi connectivity index (χ0) is 5.98. The minimum absolute atomic E-state index is 0.117. The number of hydrogen-bond donors (Lipinski definition) is 0. The first kappa shape index (κ1) is 5.69. The summed E-state index contributed by atoms with van der Waals surface area (Å²) in [7, 11) is 0. The van der Waals surface area contributed by atoms with E-state index in [1.807, 2.05) is 5.41 Å². The van der Waals surface area contributed by atoms with Gasteiger partial charge in [-0.25, -0.2) is 0 Å². The molecule has 1 aliphatic heterocycles. The van der Waals surface area contributed by atoms with E-state index < -0.39 is 0 Å². The van der Waals surface area contributed by atoms with E-state index in [0.29, 0.717) is 0 Å². The van der Waals surface area contributed by atoms with Crippen LogP contribution in [0.4, 0.5) is 0 Å². The summed E-state index contributed by atoms with van der Waals surface area (Å²) in [6.07, 6.45) is 1.80. The highest BCUT2D eigenvalue weighted by Gasteiger charge is 2.06. The van der Waals surface area contributed by atoms with E-state index in [2.05, 4.69) is 0 Å². The molecule has 0 atom stereocenters. The lowest BCUT2D eigenvalue weighted by Gasteiger charge is -2.06. The van der Waals surface area contributed by atoms with Crippen molar-refractivity contribution in [1.82, 2.24) is 4.90 Å². The van der Waals surface area contributed by atoms with Gasteiger partial charge in [0.05, 0.1) is 5.88 Å². The highest BCUT2D eigenvalue weighted by molar-refractivity contribution is 8.02. The molecule has 0 aliphatic carbocycles. The quantitative estimate of drug-likeness (QED) is 0.486. The third-order valence-electron chi connectivity index (χ3n) is 0.955. The molecule has 0 aromatic rings. The van der Waals surface area contributed by atoms with E-state index in [4.69, 9.17) is 0 Å². The second-order valence-corrected chi connectivity index (χ2v) is 2.43. The maximum absolute atomic E-state index is 10.5. The molecule has 1 heterocycles. The van der Waals surface area contributed by atoms with Gasteiger partial charge in [0.2, 0.25) is 5.91 Å². The molecule has 0 radical (unpaired) electrons. The van der Waals surface area contributed by atoms with Crippen molar-refractivity contribution in [1.29, 1.82) is 0 Å². The van der Waals surface area contributed by atoms with Gasteiger partial charge in [0, 0.05) is 13.1 Å². The molecule has 8 heavy (non-hydrogen) atoms. The van der Waals surface area contributed by atoms with Crippen LogP contribution in [-0.2, 0) is 4.79 Å². The standard InChI is InChI=1S/C5H7NOS/c1-5(7)6-2-3-8-4-6/h2-3H,4H2,1H3. The second kappa shape index (κ2) is 2.22. The molecule has 3 heteroatoms. The monoisotopic (exact) mass is 129 g/mol. The van der Waals surface area contributed by atoms with Crippen molar-refractivity contribution in [2.75, 3.05) is 5.88 Å². The number of carbonyl (C=O) groups excluding carboxylic acids is 1. The van der Waals surface area contributed by atoms with Gasteiger partial charge in [0.15, 0.2) is 0 Å². The summed E-state index contributed by atoms with van der Waals surface area (Å²) < 4.78 is 0. The fraction of sp³-hybridized carbons (Fsp3) is 0.400. The topological polar surface area (TPSA) is 20.3 Å². The summed E-state index contributed by atoms with van der Waals surface area (Å²) in [4.78, 5) is 12.2. The number of rotatable bonds is 0. The molecule has 0 aromatic heterocycles. The molecular formula is C5H7NOS. The molecule has 0 saturated heterocycles. The zero-order valence-electron chi connectivity index (χ0n) is 4.63. The smallest absolute Gasteiger partial charge is 0.224 e. The third kappa shape index (κ3) is 1.04. The van der Waals surface area contributed by atoms with Crippen LogP contribution in [0.2, 0.25) is 0 Å². The van der Waals surface area contributed by atoms with Gasteiger partial charge >= 0.3 is 0 Å². The van der Waals surface area contributed by atoms with Gasteiger partial charge in [-0.05, 0) is 5.41 Å². The molecule has 0 bridgehead atoms. The number of amides is 1. The maximum Gasteiger partial charge on any atom is 0.224 e. The molecule has 0 spiro atoms. The highest BCUT2D eigenvalue weighted by Crippen LogP contribution is 2.14. The van der Waals surface area contributed by atoms with Crippen LogP contribution < -0.4 is 0 Å². The van der Waals surface area contributed by atoms with Crippen molar-refractivity contribution < 1.29 is 4.79 Å². The fourth-order valence-corrected chi connectivity index (χ4v) is 1.23. The molecule has 1 amide bonds. The van der Waals surface area contributed by atoms with Crippen molar-refractivity contribution in [3.8, 4) is 0 Å². The summed E-state index contributed by atoms with van der Waals surface area (Å²) >= 11 is 1.64. The van der Waals surface area contributed by atoms with E-state index in [1.165, 1.54) is 0 Å². The predicted octanol–water partition coefficient (Wildman–Crippen LogP) is 1.01. The normalized spacial score (nSPS) is 17.4. The molecule has 44 valence electrons. The molecule has 0 saturated carbocycles. The first-order valence-corrected chi connectivity index (χ1v) is 3.41. The van der Waals surface area contributed by atoms with Crippen LogP contribution in [0.15, 0.2) is 11.6 Å². The number of thioether (sulfide) groups is 1. The minimum atomic E-state index is 0.117. The van der Waals surface area contributed by atoms with Crippen molar-refractivity contribution in [3.05, 3.63) is 11.6 Å². The van der Waals surface area contributed by atoms with Crippen LogP contribution in [0.1, 0.15) is 6.92 Å². The van der Waals surface area contributed by atoms with Crippen LogP contribution in [0.5, 0.6) is 0 Å². The summed E-state index contributed by atoms with van der Waals surface area (Å²) in [5.74, 6) is 0.904. The Morgan fingerprint density at radius 3 is 2.88 bits per heavy atom. The SMILES string of the molecule is CC(=O)N1C=CSC1. The maximum atomic E-state index is 10.5. The highest BCUT2D eigenvalue weighted by atomic mass is 32.2. The molecule has 0 fully saturated rings. The van der Waals surface area contributed by atoms with Crippen LogP contribution in [0, 0.1) is 0 Å². The number of nitrogens with zero attached hydrogens (tertiary/aromatic N) is 1. The number of hydrogen-bond acceptors (Lipinski definition) is 2. The van der Waals surface area contributed by atoms with Crippen molar-refractivity contribution in [2.24, 2.45) is 0 Å². The lowest BCUT2D eigenvalue weighted by Crippen LogP contribution is -2.18. The lowest BCUT2D eigenvalue weighted by molar-refractivity contribution is -0.125. The Balaban J connectivity index is 2.48. The van der Waals surface area contributed by atoms with E-state index in [-0.39, 0.29) is 5.91 Å². The summed E-state index contributed by atoms with van der Waals surface area (Å²) in [5, 5.41) is 1.92. The zero-order valence-corrected chi connectivity index (χ0v) is 5.44. The average Bonchev–Trinajstić information content (AvgIpc) is 2.12. The van der Waals surface area contributed by atoms with Gasteiger partial charge in [-0.2, -0.15) is 0 Å². The first-order valence-electron chi connectivity index (χ1n) is 2.36. The van der Waals surface area contributed by atoms with Gasteiger partial charge in [-0.15, -0.1) is 11.8 Å². The molecule has 1 rings (SSSR count). The molecule has 2 nitrogen and oxygen atoms in total. The average molecular weight is 129 g/mol. The Morgan fingerprint density at radius 2 is 2.62 bits per heavy atom. The van der Waals surface area contributed by atoms with Gasteiger partial charge in [-0.1, -0.05) is 0 Å². The summed E-state index contributed by atoms with van der Waals surface area (Å²) in [5.41, 5.74) is 0.